The van der Waals surface area contributed by atoms with Crippen molar-refractivity contribution in [3.8, 4) is 0 Å². The predicted octanol–water partition coefficient (Wildman–Crippen LogP) is 1.68. The third-order valence-corrected chi connectivity index (χ3v) is 3.22. The van der Waals surface area contributed by atoms with Gasteiger partial charge in [0.1, 0.15) is 5.84 Å². The van der Waals surface area contributed by atoms with Crippen LogP contribution in [0, 0.1) is 5.41 Å². The lowest BCUT2D eigenvalue weighted by Crippen LogP contribution is -2.08. The van der Waals surface area contributed by atoms with E-state index in [1.165, 1.54) is 11.3 Å². The van der Waals surface area contributed by atoms with Gasteiger partial charge in [0.25, 0.3) is 0 Å². The lowest BCUT2D eigenvalue weighted by atomic mass is 10.1. The average molecular weight is 206 g/mol. The van der Waals surface area contributed by atoms with Crippen LogP contribution in [0.3, 0.4) is 0 Å². The second-order valence-electron chi connectivity index (χ2n) is 3.01. The third-order valence-electron chi connectivity index (χ3n) is 2.09. The van der Waals surface area contributed by atoms with E-state index in [2.05, 4.69) is 0 Å². The molecule has 0 radical (unpaired) electrons. The maximum Gasteiger partial charge on any atom is 0.133 e. The van der Waals surface area contributed by atoms with E-state index < -0.39 is 0 Å². The Kier molecular flexibility index (Phi) is 2.23. The van der Waals surface area contributed by atoms with Crippen molar-refractivity contribution in [2.24, 2.45) is 5.73 Å². The Morgan fingerprint density at radius 3 is 2.93 bits per heavy atom. The lowest BCUT2D eigenvalue weighted by molar-refractivity contribution is 0.283. The van der Waals surface area contributed by atoms with E-state index in [-0.39, 0.29) is 12.4 Å². The fraction of sp³-hybridized carbons (Fsp3) is 0.100. The summed E-state index contributed by atoms with van der Waals surface area (Å²) in [5, 5.41) is 17.4. The summed E-state index contributed by atoms with van der Waals surface area (Å²) in [5.41, 5.74) is 6.28. The van der Waals surface area contributed by atoms with Gasteiger partial charge in [0.05, 0.1) is 11.5 Å². The van der Waals surface area contributed by atoms with Gasteiger partial charge < -0.3 is 10.8 Å². The molecule has 0 spiro atoms. The zero-order chi connectivity index (χ0) is 10.1. The summed E-state index contributed by atoms with van der Waals surface area (Å²) in [7, 11) is 0. The second kappa shape index (κ2) is 3.40. The molecule has 0 saturated heterocycles. The van der Waals surface area contributed by atoms with E-state index in [9.17, 15) is 0 Å². The minimum atomic E-state index is 0.0193. The number of nitrogens with one attached hydrogen (secondary N) is 1. The van der Waals surface area contributed by atoms with Crippen LogP contribution in [0.4, 0.5) is 0 Å². The Bertz CT molecular complexity index is 490. The van der Waals surface area contributed by atoms with E-state index in [1.54, 1.807) is 0 Å². The minimum Gasteiger partial charge on any atom is -0.392 e. The number of thiophene rings is 1. The number of aliphatic hydroxyl groups excluding tert-OH is 1. The van der Waals surface area contributed by atoms with Gasteiger partial charge >= 0.3 is 0 Å². The average Bonchev–Trinajstić information content (AvgIpc) is 2.60. The maximum absolute atomic E-state index is 9.10. The van der Waals surface area contributed by atoms with Crippen LogP contribution in [0.5, 0.6) is 0 Å². The first-order valence-corrected chi connectivity index (χ1v) is 5.00. The Hall–Kier alpha value is -1.39. The van der Waals surface area contributed by atoms with Gasteiger partial charge in [-0.15, -0.1) is 11.3 Å². The zero-order valence-corrected chi connectivity index (χ0v) is 8.27. The standard InChI is InChI=1S/C10H10N2OS/c11-10(12)9-4-7-6(5-13)2-1-3-8(7)14-9/h1-4,13H,5H2,(H3,11,12). The summed E-state index contributed by atoms with van der Waals surface area (Å²) in [6.07, 6.45) is 0. The summed E-state index contributed by atoms with van der Waals surface area (Å²) >= 11 is 1.47. The van der Waals surface area contributed by atoms with E-state index in [1.807, 2.05) is 24.3 Å². The number of nitrogens with two attached hydrogens (primary N) is 1. The Morgan fingerprint density at radius 2 is 2.29 bits per heavy atom. The normalized spacial score (nSPS) is 10.6. The van der Waals surface area contributed by atoms with Crippen molar-refractivity contribution >= 4 is 27.3 Å². The molecule has 2 aromatic rings. The summed E-state index contributed by atoms with van der Waals surface area (Å²) in [4.78, 5) is 0.751. The number of benzene rings is 1. The van der Waals surface area contributed by atoms with Crippen molar-refractivity contribution in [3.05, 3.63) is 34.7 Å². The fourth-order valence-corrected chi connectivity index (χ4v) is 2.36. The van der Waals surface area contributed by atoms with E-state index in [0.29, 0.717) is 0 Å². The quantitative estimate of drug-likeness (QED) is 0.517. The number of amidine groups is 1. The summed E-state index contributed by atoms with van der Waals surface area (Å²) < 4.78 is 1.06. The minimum absolute atomic E-state index is 0.0193. The monoisotopic (exact) mass is 206 g/mol. The smallest absolute Gasteiger partial charge is 0.133 e. The number of aliphatic hydroxyl groups is 1. The number of hydrogen-bond acceptors (Lipinski definition) is 3. The SMILES string of the molecule is N=C(N)c1cc2c(CO)cccc2s1. The Balaban J connectivity index is 2.70. The van der Waals surface area contributed by atoms with Crippen LogP contribution in [0.2, 0.25) is 0 Å². The second-order valence-corrected chi connectivity index (χ2v) is 4.10. The van der Waals surface area contributed by atoms with Crippen LogP contribution < -0.4 is 5.73 Å². The van der Waals surface area contributed by atoms with Crippen molar-refractivity contribution in [1.82, 2.24) is 0 Å². The van der Waals surface area contributed by atoms with Crippen LogP contribution in [0.25, 0.3) is 10.1 Å². The fourth-order valence-electron chi connectivity index (χ4n) is 1.39. The van der Waals surface area contributed by atoms with Gasteiger partial charge in [-0.3, -0.25) is 5.41 Å². The molecular weight excluding hydrogens is 196 g/mol. The topological polar surface area (TPSA) is 70.1 Å². The number of fused-ring (bicyclic) bond motifs is 1. The predicted molar refractivity (Wildman–Crippen MR) is 58.8 cm³/mol. The highest BCUT2D eigenvalue weighted by Crippen LogP contribution is 2.27. The van der Waals surface area contributed by atoms with Gasteiger partial charge in [0, 0.05) is 4.70 Å². The lowest BCUT2D eigenvalue weighted by Gasteiger charge is -1.96. The van der Waals surface area contributed by atoms with E-state index in [0.717, 1.165) is 20.5 Å². The first-order valence-electron chi connectivity index (χ1n) is 4.19. The van der Waals surface area contributed by atoms with Gasteiger partial charge in [-0.2, -0.15) is 0 Å². The van der Waals surface area contributed by atoms with Crippen molar-refractivity contribution in [3.63, 3.8) is 0 Å². The molecule has 0 atom stereocenters. The molecule has 0 fully saturated rings. The molecule has 1 aromatic heterocycles. The van der Waals surface area contributed by atoms with Crippen LogP contribution in [-0.2, 0) is 6.61 Å². The molecule has 0 aliphatic carbocycles. The Labute approximate surface area is 85.3 Å². The molecule has 1 heterocycles. The molecule has 1 aromatic carbocycles. The number of hydrogen-bond donors (Lipinski definition) is 3. The summed E-state index contributed by atoms with van der Waals surface area (Å²) in [6.45, 7) is 0.0193. The van der Waals surface area contributed by atoms with Crippen LogP contribution >= 0.6 is 11.3 Å². The van der Waals surface area contributed by atoms with Crippen molar-refractivity contribution < 1.29 is 5.11 Å². The summed E-state index contributed by atoms with van der Waals surface area (Å²) in [5.74, 6) is 0.0788. The molecule has 14 heavy (non-hydrogen) atoms. The molecule has 0 aliphatic rings. The Morgan fingerprint density at radius 1 is 1.50 bits per heavy atom. The highest BCUT2D eigenvalue weighted by atomic mass is 32.1. The first-order chi connectivity index (χ1) is 6.72. The van der Waals surface area contributed by atoms with Crippen molar-refractivity contribution in [1.29, 1.82) is 5.41 Å². The molecule has 0 amide bonds. The molecule has 4 N–H and O–H groups in total. The van der Waals surface area contributed by atoms with Crippen LogP contribution in [-0.4, -0.2) is 10.9 Å². The molecule has 4 heteroatoms. The van der Waals surface area contributed by atoms with Gasteiger partial charge in [-0.1, -0.05) is 12.1 Å². The van der Waals surface area contributed by atoms with Crippen molar-refractivity contribution in [2.45, 2.75) is 6.61 Å². The number of nitrogen functional groups attached to an aromatic ring is 1. The van der Waals surface area contributed by atoms with Crippen molar-refractivity contribution in [2.75, 3.05) is 0 Å². The molecule has 0 aliphatic heterocycles. The van der Waals surface area contributed by atoms with Gasteiger partial charge in [0.2, 0.25) is 0 Å². The van der Waals surface area contributed by atoms with E-state index >= 15 is 0 Å². The molecule has 0 bridgehead atoms. The molecule has 72 valence electrons. The summed E-state index contributed by atoms with van der Waals surface area (Å²) in [6, 6.07) is 7.59. The van der Waals surface area contributed by atoms with Gasteiger partial charge in [0.15, 0.2) is 0 Å². The molecule has 0 saturated carbocycles. The molecule has 3 nitrogen and oxygen atoms in total. The highest BCUT2D eigenvalue weighted by molar-refractivity contribution is 7.20. The van der Waals surface area contributed by atoms with E-state index in [4.69, 9.17) is 16.2 Å². The molecule has 0 unspecified atom stereocenters. The first kappa shape index (κ1) is 9.18. The molecule has 2 rings (SSSR count). The highest BCUT2D eigenvalue weighted by Gasteiger charge is 2.06. The van der Waals surface area contributed by atoms with Gasteiger partial charge in [-0.25, -0.2) is 0 Å². The molecular formula is C10H10N2OS. The van der Waals surface area contributed by atoms with Crippen LogP contribution in [0.1, 0.15) is 10.4 Å². The van der Waals surface area contributed by atoms with Crippen LogP contribution in [0.15, 0.2) is 24.3 Å². The largest absolute Gasteiger partial charge is 0.392 e. The number of rotatable bonds is 2. The third kappa shape index (κ3) is 1.38. The zero-order valence-electron chi connectivity index (χ0n) is 7.45. The maximum atomic E-state index is 9.10. The van der Waals surface area contributed by atoms with Gasteiger partial charge in [-0.05, 0) is 23.1 Å².